The van der Waals surface area contributed by atoms with Gasteiger partial charge in [0, 0.05) is 12.6 Å². The van der Waals surface area contributed by atoms with Crippen LogP contribution in [-0.4, -0.2) is 11.0 Å². The number of hydrogen-bond acceptors (Lipinski definition) is 3. The molecule has 0 saturated heterocycles. The Morgan fingerprint density at radius 2 is 2.27 bits per heavy atom. The van der Waals surface area contributed by atoms with Crippen LogP contribution in [0.5, 0.6) is 0 Å². The van der Waals surface area contributed by atoms with E-state index in [1.807, 2.05) is 0 Å². The minimum atomic E-state index is -0.171. The third-order valence-corrected chi connectivity index (χ3v) is 2.37. The molecule has 0 aromatic heterocycles. The number of carbonyl (C=O) groups excluding carboxylic acids is 1. The molecule has 1 rings (SSSR count). The SMILES string of the molecule is CC(=O)Nc1ccc(CO)cc1CP=O. The zero-order chi connectivity index (χ0) is 11.3. The number of benzene rings is 1. The Morgan fingerprint density at radius 1 is 1.53 bits per heavy atom. The van der Waals surface area contributed by atoms with Crippen LogP contribution < -0.4 is 5.32 Å². The van der Waals surface area contributed by atoms with Crippen LogP contribution in [0.25, 0.3) is 0 Å². The molecular formula is C10H12NO3P. The van der Waals surface area contributed by atoms with Crippen LogP contribution >= 0.6 is 8.46 Å². The van der Waals surface area contributed by atoms with E-state index in [1.165, 1.54) is 6.92 Å². The van der Waals surface area contributed by atoms with Gasteiger partial charge in [0.05, 0.1) is 12.8 Å². The highest BCUT2D eigenvalue weighted by molar-refractivity contribution is 7.22. The van der Waals surface area contributed by atoms with Gasteiger partial charge in [-0.3, -0.25) is 9.36 Å². The first-order valence-electron chi connectivity index (χ1n) is 4.46. The second kappa shape index (κ2) is 5.59. The summed E-state index contributed by atoms with van der Waals surface area (Å²) in [6.07, 6.45) is 0.323. The van der Waals surface area contributed by atoms with E-state index in [1.54, 1.807) is 18.2 Å². The van der Waals surface area contributed by atoms with Crippen LogP contribution in [0.1, 0.15) is 18.1 Å². The standard InChI is InChI=1S/C10H12NO3P/c1-7(13)11-10-3-2-8(5-12)4-9(10)6-15-14/h2-4,12H,5-6H2,1H3,(H,11,13). The van der Waals surface area contributed by atoms with Crippen molar-refractivity contribution < 1.29 is 14.5 Å². The summed E-state index contributed by atoms with van der Waals surface area (Å²) >= 11 is 0. The molecule has 0 unspecified atom stereocenters. The Balaban J connectivity index is 3.02. The normalized spacial score (nSPS) is 10.3. The fourth-order valence-corrected chi connectivity index (χ4v) is 1.66. The summed E-state index contributed by atoms with van der Waals surface area (Å²) in [6.45, 7) is 1.35. The Bertz CT molecular complexity index is 379. The minimum absolute atomic E-state index is 0.0124. The number of aliphatic hydroxyl groups excluding tert-OH is 1. The Hall–Kier alpha value is -1.25. The largest absolute Gasteiger partial charge is 0.392 e. The summed E-state index contributed by atoms with van der Waals surface area (Å²) in [7, 11) is -0.0124. The van der Waals surface area contributed by atoms with Gasteiger partial charge in [0.2, 0.25) is 5.91 Å². The predicted molar refractivity (Wildman–Crippen MR) is 58.0 cm³/mol. The van der Waals surface area contributed by atoms with Gasteiger partial charge < -0.3 is 10.4 Å². The average molecular weight is 225 g/mol. The highest BCUT2D eigenvalue weighted by Crippen LogP contribution is 2.21. The zero-order valence-corrected chi connectivity index (χ0v) is 9.25. The van der Waals surface area contributed by atoms with Crippen molar-refractivity contribution in [1.29, 1.82) is 0 Å². The van der Waals surface area contributed by atoms with E-state index in [-0.39, 0.29) is 21.0 Å². The average Bonchev–Trinajstić information content (AvgIpc) is 2.20. The first kappa shape index (κ1) is 11.8. The molecule has 80 valence electrons. The molecule has 15 heavy (non-hydrogen) atoms. The molecule has 0 aliphatic heterocycles. The fourth-order valence-electron chi connectivity index (χ4n) is 1.26. The molecular weight excluding hydrogens is 213 g/mol. The smallest absolute Gasteiger partial charge is 0.221 e. The van der Waals surface area contributed by atoms with Crippen molar-refractivity contribution in [2.45, 2.75) is 19.7 Å². The predicted octanol–water partition coefficient (Wildman–Crippen LogP) is 1.93. The number of hydrogen-bond donors (Lipinski definition) is 2. The minimum Gasteiger partial charge on any atom is -0.392 e. The van der Waals surface area contributed by atoms with E-state index < -0.39 is 0 Å². The van der Waals surface area contributed by atoms with Gasteiger partial charge in [-0.15, -0.1) is 0 Å². The van der Waals surface area contributed by atoms with Crippen LogP contribution in [0.4, 0.5) is 5.69 Å². The zero-order valence-electron chi connectivity index (χ0n) is 8.36. The molecule has 0 fully saturated rings. The number of aliphatic hydroxyl groups is 1. The van der Waals surface area contributed by atoms with Gasteiger partial charge in [-0.25, -0.2) is 0 Å². The maximum atomic E-state index is 10.9. The number of rotatable bonds is 4. The summed E-state index contributed by atoms with van der Waals surface area (Å²) in [5, 5.41) is 11.6. The highest BCUT2D eigenvalue weighted by atomic mass is 31.1. The van der Waals surface area contributed by atoms with Crippen molar-refractivity contribution in [3.05, 3.63) is 29.3 Å². The maximum absolute atomic E-state index is 10.9. The number of anilines is 1. The quantitative estimate of drug-likeness (QED) is 0.769. The van der Waals surface area contributed by atoms with Gasteiger partial charge in [0.25, 0.3) is 0 Å². The van der Waals surface area contributed by atoms with Crippen molar-refractivity contribution in [3.63, 3.8) is 0 Å². The lowest BCUT2D eigenvalue weighted by Gasteiger charge is -2.08. The summed E-state index contributed by atoms with van der Waals surface area (Å²) < 4.78 is 10.5. The lowest BCUT2D eigenvalue weighted by Crippen LogP contribution is -2.08. The van der Waals surface area contributed by atoms with Crippen LogP contribution in [-0.2, 0) is 22.1 Å². The molecule has 0 radical (unpaired) electrons. The van der Waals surface area contributed by atoms with Crippen molar-refractivity contribution in [2.75, 3.05) is 5.32 Å². The Labute approximate surface area is 89.5 Å². The molecule has 0 atom stereocenters. The Kier molecular flexibility index (Phi) is 4.40. The van der Waals surface area contributed by atoms with Crippen molar-refractivity contribution in [2.24, 2.45) is 0 Å². The van der Waals surface area contributed by atoms with Gasteiger partial charge in [-0.05, 0) is 17.2 Å². The topological polar surface area (TPSA) is 66.4 Å². The molecule has 1 aromatic rings. The first-order valence-corrected chi connectivity index (χ1v) is 5.46. The van der Waals surface area contributed by atoms with Gasteiger partial charge in [0.1, 0.15) is 0 Å². The van der Waals surface area contributed by atoms with Gasteiger partial charge >= 0.3 is 0 Å². The number of amides is 1. The van der Waals surface area contributed by atoms with Gasteiger partial charge in [-0.1, -0.05) is 12.1 Å². The van der Waals surface area contributed by atoms with E-state index >= 15 is 0 Å². The molecule has 0 saturated carbocycles. The van der Waals surface area contributed by atoms with Crippen LogP contribution in [0.2, 0.25) is 0 Å². The molecule has 1 aromatic carbocycles. The monoisotopic (exact) mass is 225 g/mol. The van der Waals surface area contributed by atoms with Crippen LogP contribution in [0, 0.1) is 0 Å². The Morgan fingerprint density at radius 3 is 2.80 bits per heavy atom. The van der Waals surface area contributed by atoms with Gasteiger partial charge in [-0.2, -0.15) is 0 Å². The van der Waals surface area contributed by atoms with Gasteiger partial charge in [0.15, 0.2) is 8.46 Å². The molecule has 0 aliphatic carbocycles. The van der Waals surface area contributed by atoms with E-state index in [0.29, 0.717) is 11.8 Å². The lowest BCUT2D eigenvalue weighted by molar-refractivity contribution is -0.114. The van der Waals surface area contributed by atoms with E-state index in [0.717, 1.165) is 11.1 Å². The van der Waals surface area contributed by atoms with E-state index in [4.69, 9.17) is 5.11 Å². The molecule has 4 nitrogen and oxygen atoms in total. The second-order valence-electron chi connectivity index (χ2n) is 3.12. The fraction of sp³-hybridized carbons (Fsp3) is 0.300. The molecule has 0 aliphatic rings. The second-order valence-corrected chi connectivity index (χ2v) is 3.69. The summed E-state index contributed by atoms with van der Waals surface area (Å²) in [4.78, 5) is 10.9. The molecule has 0 heterocycles. The molecule has 1 amide bonds. The third-order valence-electron chi connectivity index (χ3n) is 1.90. The molecule has 2 N–H and O–H groups in total. The summed E-state index contributed by atoms with van der Waals surface area (Å²) in [5.74, 6) is -0.171. The highest BCUT2D eigenvalue weighted by Gasteiger charge is 2.05. The summed E-state index contributed by atoms with van der Waals surface area (Å²) in [5.41, 5.74) is 2.14. The number of nitrogens with one attached hydrogen (secondary N) is 1. The van der Waals surface area contributed by atoms with Crippen molar-refractivity contribution >= 4 is 20.1 Å². The van der Waals surface area contributed by atoms with Crippen LogP contribution in [0.15, 0.2) is 18.2 Å². The number of carbonyl (C=O) groups is 1. The molecule has 0 bridgehead atoms. The molecule has 5 heteroatoms. The first-order chi connectivity index (χ1) is 7.17. The van der Waals surface area contributed by atoms with Crippen molar-refractivity contribution in [1.82, 2.24) is 0 Å². The molecule has 0 spiro atoms. The summed E-state index contributed by atoms with van der Waals surface area (Å²) in [6, 6.07) is 5.15. The third kappa shape index (κ3) is 3.42. The van der Waals surface area contributed by atoms with Crippen molar-refractivity contribution in [3.8, 4) is 0 Å². The lowest BCUT2D eigenvalue weighted by atomic mass is 10.1. The maximum Gasteiger partial charge on any atom is 0.221 e. The van der Waals surface area contributed by atoms with Crippen LogP contribution in [0.3, 0.4) is 0 Å². The van der Waals surface area contributed by atoms with E-state index in [2.05, 4.69) is 5.32 Å². The van der Waals surface area contributed by atoms with E-state index in [9.17, 15) is 9.36 Å².